The van der Waals surface area contributed by atoms with Crippen molar-refractivity contribution in [3.63, 3.8) is 0 Å². The van der Waals surface area contributed by atoms with E-state index in [9.17, 15) is 0 Å². The van der Waals surface area contributed by atoms with E-state index in [1.165, 1.54) is 0 Å². The molecule has 0 aliphatic heterocycles. The summed E-state index contributed by atoms with van der Waals surface area (Å²) in [6.07, 6.45) is 1.07. The number of hydrogen-bond donors (Lipinski definition) is 2. The molecule has 1 aromatic carbocycles. The molecule has 0 saturated heterocycles. The Morgan fingerprint density at radius 3 is 2.33 bits per heavy atom. The molecule has 4 heteroatoms. The number of hydrogen-bond acceptors (Lipinski definition) is 2. The molecule has 2 nitrogen and oxygen atoms in total. The van der Waals surface area contributed by atoms with Gasteiger partial charge in [-0.1, -0.05) is 30.1 Å². The van der Waals surface area contributed by atoms with Gasteiger partial charge in [0.1, 0.15) is 0 Å². The van der Waals surface area contributed by atoms with Crippen molar-refractivity contribution in [3.05, 3.63) is 33.8 Å². The lowest BCUT2D eigenvalue weighted by atomic mass is 10.1. The molecule has 1 atom stereocenters. The molecule has 3 N–H and O–H groups in total. The zero-order valence-electron chi connectivity index (χ0n) is 8.76. The second kappa shape index (κ2) is 6.33. The van der Waals surface area contributed by atoms with Crippen LogP contribution in [0.2, 0.25) is 10.0 Å². The van der Waals surface area contributed by atoms with Crippen LogP contribution in [0.15, 0.2) is 18.2 Å². The molecule has 0 aliphatic rings. The molecule has 1 aromatic rings. The van der Waals surface area contributed by atoms with Gasteiger partial charge in [-0.15, -0.1) is 0 Å². The van der Waals surface area contributed by atoms with Gasteiger partial charge in [-0.3, -0.25) is 0 Å². The van der Waals surface area contributed by atoms with Crippen LogP contribution in [0.1, 0.15) is 24.9 Å². The largest absolute Gasteiger partial charge is 0.329 e. The van der Waals surface area contributed by atoms with E-state index in [1.807, 2.05) is 12.1 Å². The molecule has 0 aromatic heterocycles. The van der Waals surface area contributed by atoms with Crippen molar-refractivity contribution in [2.45, 2.75) is 19.4 Å². The van der Waals surface area contributed by atoms with Crippen LogP contribution < -0.4 is 11.1 Å². The summed E-state index contributed by atoms with van der Waals surface area (Å²) in [5.74, 6) is 0. The Hall–Kier alpha value is -0.280. The minimum Gasteiger partial charge on any atom is -0.329 e. The standard InChI is InChI=1S/C11H16Cl2N2/c1-2-3-15-11(7-14)8-4-9(12)6-10(13)5-8/h4-6,11,15H,2-3,7,14H2,1H3. The van der Waals surface area contributed by atoms with E-state index in [4.69, 9.17) is 28.9 Å². The molecular formula is C11H16Cl2N2. The Labute approximate surface area is 101 Å². The van der Waals surface area contributed by atoms with Crippen molar-refractivity contribution in [1.29, 1.82) is 0 Å². The predicted octanol–water partition coefficient (Wildman–Crippen LogP) is 2.99. The van der Waals surface area contributed by atoms with Gasteiger partial charge < -0.3 is 11.1 Å². The fourth-order valence-electron chi connectivity index (χ4n) is 1.43. The van der Waals surface area contributed by atoms with Gasteiger partial charge in [-0.25, -0.2) is 0 Å². The highest BCUT2D eigenvalue weighted by Crippen LogP contribution is 2.23. The Morgan fingerprint density at radius 1 is 1.27 bits per heavy atom. The third-order valence-electron chi connectivity index (χ3n) is 2.16. The highest BCUT2D eigenvalue weighted by Gasteiger charge is 2.09. The lowest BCUT2D eigenvalue weighted by Crippen LogP contribution is -2.28. The van der Waals surface area contributed by atoms with Gasteiger partial charge in [-0.05, 0) is 36.7 Å². The van der Waals surface area contributed by atoms with Crippen LogP contribution in [-0.2, 0) is 0 Å². The Balaban J connectivity index is 2.81. The van der Waals surface area contributed by atoms with E-state index in [2.05, 4.69) is 12.2 Å². The highest BCUT2D eigenvalue weighted by molar-refractivity contribution is 6.34. The molecule has 1 rings (SSSR count). The van der Waals surface area contributed by atoms with Crippen molar-refractivity contribution >= 4 is 23.2 Å². The van der Waals surface area contributed by atoms with Crippen molar-refractivity contribution in [3.8, 4) is 0 Å². The van der Waals surface area contributed by atoms with E-state index in [0.29, 0.717) is 16.6 Å². The minimum atomic E-state index is 0.126. The molecule has 84 valence electrons. The number of benzene rings is 1. The van der Waals surface area contributed by atoms with E-state index in [-0.39, 0.29) is 6.04 Å². The molecular weight excluding hydrogens is 231 g/mol. The summed E-state index contributed by atoms with van der Waals surface area (Å²) in [4.78, 5) is 0. The summed E-state index contributed by atoms with van der Waals surface area (Å²) in [5, 5.41) is 4.64. The minimum absolute atomic E-state index is 0.126. The first kappa shape index (κ1) is 12.8. The Morgan fingerprint density at radius 2 is 1.87 bits per heavy atom. The van der Waals surface area contributed by atoms with Crippen molar-refractivity contribution in [2.24, 2.45) is 5.73 Å². The van der Waals surface area contributed by atoms with Crippen LogP contribution in [0.4, 0.5) is 0 Å². The SMILES string of the molecule is CCCNC(CN)c1cc(Cl)cc(Cl)c1. The smallest absolute Gasteiger partial charge is 0.0445 e. The van der Waals surface area contributed by atoms with E-state index >= 15 is 0 Å². The first-order valence-electron chi connectivity index (χ1n) is 5.06. The normalized spacial score (nSPS) is 12.8. The van der Waals surface area contributed by atoms with Gasteiger partial charge in [0.25, 0.3) is 0 Å². The average molecular weight is 247 g/mol. The lowest BCUT2D eigenvalue weighted by molar-refractivity contribution is 0.540. The fraction of sp³-hybridized carbons (Fsp3) is 0.455. The molecule has 0 spiro atoms. The summed E-state index contributed by atoms with van der Waals surface area (Å²) in [6, 6.07) is 5.64. The summed E-state index contributed by atoms with van der Waals surface area (Å²) in [5.41, 5.74) is 6.74. The van der Waals surface area contributed by atoms with Crippen LogP contribution in [0.5, 0.6) is 0 Å². The van der Waals surface area contributed by atoms with Crippen molar-refractivity contribution < 1.29 is 0 Å². The van der Waals surface area contributed by atoms with E-state index < -0.39 is 0 Å². The maximum atomic E-state index is 5.93. The quantitative estimate of drug-likeness (QED) is 0.839. The molecule has 0 amide bonds. The summed E-state index contributed by atoms with van der Waals surface area (Å²) in [6.45, 7) is 3.59. The van der Waals surface area contributed by atoms with Gasteiger partial charge in [0.05, 0.1) is 0 Å². The van der Waals surface area contributed by atoms with Gasteiger partial charge in [0.2, 0.25) is 0 Å². The molecule has 0 saturated carbocycles. The summed E-state index contributed by atoms with van der Waals surface area (Å²) >= 11 is 11.9. The molecule has 0 radical (unpaired) electrons. The molecule has 0 fully saturated rings. The van der Waals surface area contributed by atoms with Gasteiger partial charge in [-0.2, -0.15) is 0 Å². The maximum absolute atomic E-state index is 5.93. The van der Waals surface area contributed by atoms with Gasteiger partial charge >= 0.3 is 0 Å². The fourth-order valence-corrected chi connectivity index (χ4v) is 1.98. The number of nitrogens with two attached hydrogens (primary N) is 1. The molecule has 0 bridgehead atoms. The van der Waals surface area contributed by atoms with E-state index in [0.717, 1.165) is 18.5 Å². The van der Waals surface area contributed by atoms with Gasteiger partial charge in [0, 0.05) is 22.6 Å². The van der Waals surface area contributed by atoms with Crippen LogP contribution in [0.25, 0.3) is 0 Å². The topological polar surface area (TPSA) is 38.0 Å². The van der Waals surface area contributed by atoms with Crippen molar-refractivity contribution in [2.75, 3.05) is 13.1 Å². The zero-order valence-corrected chi connectivity index (χ0v) is 10.3. The first-order valence-corrected chi connectivity index (χ1v) is 5.82. The van der Waals surface area contributed by atoms with E-state index in [1.54, 1.807) is 6.07 Å². The molecule has 0 heterocycles. The third kappa shape index (κ3) is 3.99. The Bertz CT molecular complexity index is 295. The van der Waals surface area contributed by atoms with Gasteiger partial charge in [0.15, 0.2) is 0 Å². The van der Waals surface area contributed by atoms with Crippen LogP contribution >= 0.6 is 23.2 Å². The molecule has 15 heavy (non-hydrogen) atoms. The number of nitrogens with one attached hydrogen (secondary N) is 1. The second-order valence-corrected chi connectivity index (χ2v) is 4.32. The average Bonchev–Trinajstić information content (AvgIpc) is 2.17. The maximum Gasteiger partial charge on any atom is 0.0445 e. The molecule has 0 aliphatic carbocycles. The molecule has 1 unspecified atom stereocenters. The number of halogens is 2. The summed E-state index contributed by atoms with van der Waals surface area (Å²) in [7, 11) is 0. The van der Waals surface area contributed by atoms with Crippen LogP contribution in [-0.4, -0.2) is 13.1 Å². The predicted molar refractivity (Wildman–Crippen MR) is 66.6 cm³/mol. The van der Waals surface area contributed by atoms with Crippen molar-refractivity contribution in [1.82, 2.24) is 5.32 Å². The van der Waals surface area contributed by atoms with Crippen LogP contribution in [0, 0.1) is 0 Å². The monoisotopic (exact) mass is 246 g/mol. The zero-order chi connectivity index (χ0) is 11.3. The third-order valence-corrected chi connectivity index (χ3v) is 2.60. The second-order valence-electron chi connectivity index (χ2n) is 3.45. The summed E-state index contributed by atoms with van der Waals surface area (Å²) < 4.78 is 0. The first-order chi connectivity index (χ1) is 7.17. The number of rotatable bonds is 5. The Kier molecular flexibility index (Phi) is 5.40. The van der Waals surface area contributed by atoms with Crippen LogP contribution in [0.3, 0.4) is 0 Å². The lowest BCUT2D eigenvalue weighted by Gasteiger charge is -2.17. The highest BCUT2D eigenvalue weighted by atomic mass is 35.5.